The zero-order valence-corrected chi connectivity index (χ0v) is 17.1. The SMILES string of the molecule is CCCCCCCOc1ccccc1[NH+]=C(O)O[C@@H](C)CN1CCCCC1. The van der Waals surface area contributed by atoms with Gasteiger partial charge in [-0.25, -0.2) is 0 Å². The van der Waals surface area contributed by atoms with Gasteiger partial charge in [-0.2, -0.15) is 0 Å². The highest BCUT2D eigenvalue weighted by Gasteiger charge is 2.18. The van der Waals surface area contributed by atoms with E-state index in [9.17, 15) is 5.11 Å². The van der Waals surface area contributed by atoms with Gasteiger partial charge in [0.05, 0.1) is 6.61 Å². The highest BCUT2D eigenvalue weighted by Crippen LogP contribution is 2.19. The fraction of sp³-hybridized carbons (Fsp3) is 0.682. The van der Waals surface area contributed by atoms with Crippen molar-refractivity contribution in [2.45, 2.75) is 71.3 Å². The Morgan fingerprint density at radius 2 is 1.85 bits per heavy atom. The summed E-state index contributed by atoms with van der Waals surface area (Å²) in [7, 11) is 0. The number of likely N-dealkylation sites (tertiary alicyclic amines) is 1. The quantitative estimate of drug-likeness (QED) is 0.352. The Kier molecular flexibility index (Phi) is 10.1. The molecule has 0 aromatic heterocycles. The maximum Gasteiger partial charge on any atom is 0.551 e. The normalized spacial score (nSPS) is 16.9. The molecule has 5 heteroatoms. The van der Waals surface area contributed by atoms with Gasteiger partial charge in [0.1, 0.15) is 6.10 Å². The first kappa shape index (κ1) is 21.5. The summed E-state index contributed by atoms with van der Waals surface area (Å²) in [5, 5.41) is 10.2. The minimum absolute atomic E-state index is 0.0674. The van der Waals surface area contributed by atoms with Gasteiger partial charge in [0.15, 0.2) is 5.75 Å². The summed E-state index contributed by atoms with van der Waals surface area (Å²) >= 11 is 0. The van der Waals surface area contributed by atoms with Crippen molar-refractivity contribution < 1.29 is 19.6 Å². The number of hydrogen-bond acceptors (Lipinski definition) is 3. The van der Waals surface area contributed by atoms with Gasteiger partial charge in [0.25, 0.3) is 5.69 Å². The minimum Gasteiger partial charge on any atom is -0.487 e. The second-order valence-electron chi connectivity index (χ2n) is 7.48. The summed E-state index contributed by atoms with van der Waals surface area (Å²) in [6.07, 6.45) is 9.63. The molecule has 0 amide bonds. The van der Waals surface area contributed by atoms with Crippen LogP contribution in [0.25, 0.3) is 0 Å². The lowest BCUT2D eigenvalue weighted by atomic mass is 10.1. The maximum absolute atomic E-state index is 10.2. The molecule has 1 heterocycles. The summed E-state index contributed by atoms with van der Waals surface area (Å²) in [6, 6.07) is 7.66. The van der Waals surface area contributed by atoms with E-state index >= 15 is 0 Å². The standard InChI is InChI=1S/C22H36N2O3/c1-3-4-5-6-12-17-26-21-14-9-8-13-20(21)23-22(25)27-19(2)18-24-15-10-7-11-16-24/h8-9,13-14,19H,3-7,10-12,15-18H2,1-2H3,(H,23,25)/p+1/t19-/m0/s1. The Balaban J connectivity index is 1.81. The van der Waals surface area contributed by atoms with Gasteiger partial charge in [-0.1, -0.05) is 51.2 Å². The molecule has 0 radical (unpaired) electrons. The van der Waals surface area contributed by atoms with Crippen molar-refractivity contribution in [2.75, 3.05) is 26.2 Å². The van der Waals surface area contributed by atoms with Crippen LogP contribution in [0.3, 0.4) is 0 Å². The van der Waals surface area contributed by atoms with Crippen LogP contribution in [0, 0.1) is 0 Å². The number of aliphatic hydroxyl groups is 1. The third-order valence-electron chi connectivity index (χ3n) is 4.91. The Morgan fingerprint density at radius 3 is 2.63 bits per heavy atom. The number of benzene rings is 1. The first-order valence-corrected chi connectivity index (χ1v) is 10.6. The molecule has 0 saturated carbocycles. The first-order valence-electron chi connectivity index (χ1n) is 10.6. The topological polar surface area (TPSA) is 55.9 Å². The third kappa shape index (κ3) is 8.65. The number of para-hydroxylation sites is 2. The van der Waals surface area contributed by atoms with Gasteiger partial charge < -0.3 is 14.6 Å². The molecular weight excluding hydrogens is 340 g/mol. The molecule has 1 atom stereocenters. The molecule has 2 rings (SSSR count). The van der Waals surface area contributed by atoms with Crippen molar-refractivity contribution in [1.82, 2.24) is 4.90 Å². The highest BCUT2D eigenvalue weighted by atomic mass is 16.6. The molecule has 27 heavy (non-hydrogen) atoms. The van der Waals surface area contributed by atoms with Crippen molar-refractivity contribution in [1.29, 1.82) is 0 Å². The van der Waals surface area contributed by atoms with Crippen LogP contribution in [0.1, 0.15) is 65.2 Å². The number of rotatable bonds is 11. The fourth-order valence-electron chi connectivity index (χ4n) is 3.46. The Bertz CT molecular complexity index is 556. The molecule has 1 aliphatic rings. The molecule has 2 N–H and O–H groups in total. The van der Waals surface area contributed by atoms with E-state index in [0.717, 1.165) is 37.5 Å². The average Bonchev–Trinajstić information content (AvgIpc) is 2.66. The number of unbranched alkanes of at least 4 members (excludes halogenated alkanes) is 4. The average molecular weight is 378 g/mol. The summed E-state index contributed by atoms with van der Waals surface area (Å²) in [5.41, 5.74) is 0.730. The molecule has 5 nitrogen and oxygen atoms in total. The van der Waals surface area contributed by atoms with Gasteiger partial charge >= 0.3 is 6.08 Å². The predicted octanol–water partition coefficient (Wildman–Crippen LogP) is 3.55. The summed E-state index contributed by atoms with van der Waals surface area (Å²) in [5.74, 6) is 0.742. The lowest BCUT2D eigenvalue weighted by Gasteiger charge is -2.28. The summed E-state index contributed by atoms with van der Waals surface area (Å²) in [6.45, 7) is 7.98. The predicted molar refractivity (Wildman–Crippen MR) is 110 cm³/mol. The number of nitrogens with zero attached hydrogens (tertiary/aromatic N) is 1. The van der Waals surface area contributed by atoms with Crippen molar-refractivity contribution in [3.63, 3.8) is 0 Å². The van der Waals surface area contributed by atoms with Crippen LogP contribution in [0.4, 0.5) is 5.69 Å². The Hall–Kier alpha value is -1.75. The molecule has 152 valence electrons. The van der Waals surface area contributed by atoms with Crippen molar-refractivity contribution in [3.8, 4) is 5.75 Å². The molecule has 0 unspecified atom stereocenters. The molecule has 0 spiro atoms. The lowest BCUT2D eigenvalue weighted by Crippen LogP contribution is -2.67. The van der Waals surface area contributed by atoms with Crippen LogP contribution in [-0.4, -0.2) is 48.4 Å². The van der Waals surface area contributed by atoms with Crippen LogP contribution >= 0.6 is 0 Å². The molecule has 1 aromatic carbocycles. The number of hydrogen-bond donors (Lipinski definition) is 2. The highest BCUT2D eigenvalue weighted by molar-refractivity contribution is 5.60. The number of nitrogens with one attached hydrogen (secondary N) is 1. The zero-order valence-electron chi connectivity index (χ0n) is 17.1. The molecule has 0 aliphatic carbocycles. The van der Waals surface area contributed by atoms with Crippen LogP contribution in [0.15, 0.2) is 24.3 Å². The van der Waals surface area contributed by atoms with E-state index in [1.807, 2.05) is 31.2 Å². The molecule has 1 aromatic rings. The molecule has 1 saturated heterocycles. The first-order chi connectivity index (χ1) is 13.2. The third-order valence-corrected chi connectivity index (χ3v) is 4.91. The minimum atomic E-state index is -0.168. The number of piperidine rings is 1. The van der Waals surface area contributed by atoms with E-state index in [1.165, 1.54) is 44.9 Å². The van der Waals surface area contributed by atoms with E-state index < -0.39 is 0 Å². The van der Waals surface area contributed by atoms with Gasteiger partial charge in [-0.15, -0.1) is 4.99 Å². The van der Waals surface area contributed by atoms with E-state index in [-0.39, 0.29) is 12.2 Å². The summed E-state index contributed by atoms with van der Waals surface area (Å²) < 4.78 is 11.5. The van der Waals surface area contributed by atoms with E-state index in [0.29, 0.717) is 6.61 Å². The Labute approximate surface area is 164 Å². The monoisotopic (exact) mass is 377 g/mol. The van der Waals surface area contributed by atoms with E-state index in [1.54, 1.807) is 0 Å². The summed E-state index contributed by atoms with van der Waals surface area (Å²) in [4.78, 5) is 5.35. The van der Waals surface area contributed by atoms with Crippen molar-refractivity contribution in [2.24, 2.45) is 0 Å². The largest absolute Gasteiger partial charge is 0.551 e. The van der Waals surface area contributed by atoms with Gasteiger partial charge in [-0.05, 0) is 45.3 Å². The van der Waals surface area contributed by atoms with Gasteiger partial charge in [0, 0.05) is 12.6 Å². The van der Waals surface area contributed by atoms with Gasteiger partial charge in [-0.3, -0.25) is 4.90 Å². The number of aliphatic hydroxyl groups excluding tert-OH is 1. The molecular formula is C22H37N2O3+. The second-order valence-corrected chi connectivity index (χ2v) is 7.48. The maximum atomic E-state index is 10.2. The van der Waals surface area contributed by atoms with Crippen LogP contribution in [-0.2, 0) is 4.74 Å². The Morgan fingerprint density at radius 1 is 1.11 bits per heavy atom. The smallest absolute Gasteiger partial charge is 0.487 e. The van der Waals surface area contributed by atoms with Crippen LogP contribution < -0.4 is 9.73 Å². The van der Waals surface area contributed by atoms with Crippen LogP contribution in [0.5, 0.6) is 5.75 Å². The fourth-order valence-corrected chi connectivity index (χ4v) is 3.46. The molecule has 1 fully saturated rings. The van der Waals surface area contributed by atoms with Gasteiger partial charge in [0.2, 0.25) is 0 Å². The van der Waals surface area contributed by atoms with Crippen LogP contribution in [0.2, 0.25) is 0 Å². The van der Waals surface area contributed by atoms with E-state index in [4.69, 9.17) is 9.47 Å². The van der Waals surface area contributed by atoms with Crippen molar-refractivity contribution >= 4 is 11.8 Å². The lowest BCUT2D eigenvalue weighted by molar-refractivity contribution is -0.384. The van der Waals surface area contributed by atoms with Crippen molar-refractivity contribution in [3.05, 3.63) is 24.3 Å². The molecule has 1 aliphatic heterocycles. The zero-order chi connectivity index (χ0) is 19.3. The van der Waals surface area contributed by atoms with E-state index in [2.05, 4.69) is 16.8 Å². The number of ether oxygens (including phenoxy) is 2. The molecule has 0 bridgehead atoms. The second kappa shape index (κ2) is 12.6.